The quantitative estimate of drug-likeness (QED) is 0.745. The highest BCUT2D eigenvalue weighted by molar-refractivity contribution is 7.80. The van der Waals surface area contributed by atoms with Gasteiger partial charge in [-0.05, 0) is 23.3 Å². The van der Waals surface area contributed by atoms with Gasteiger partial charge in [-0.1, -0.05) is 60.7 Å². The van der Waals surface area contributed by atoms with Gasteiger partial charge in [0.05, 0.1) is 5.92 Å². The number of benzene rings is 2. The minimum Gasteiger partial charge on any atom is -0.377 e. The SMILES string of the molecule is NC(=O)C(c1ccccc1)c1ccccc1.NC(N)=S. The number of hydrogen-bond donors (Lipinski definition) is 3. The van der Waals surface area contributed by atoms with Gasteiger partial charge >= 0.3 is 0 Å². The van der Waals surface area contributed by atoms with Crippen molar-refractivity contribution in [1.29, 1.82) is 0 Å². The Balaban J connectivity index is 0.000000444. The zero-order chi connectivity index (χ0) is 15.0. The summed E-state index contributed by atoms with van der Waals surface area (Å²) < 4.78 is 0. The van der Waals surface area contributed by atoms with Crippen LogP contribution in [0.1, 0.15) is 17.0 Å². The van der Waals surface area contributed by atoms with Crippen LogP contribution in [0.3, 0.4) is 0 Å². The van der Waals surface area contributed by atoms with Gasteiger partial charge in [-0.15, -0.1) is 0 Å². The Morgan fingerprint density at radius 3 is 1.35 bits per heavy atom. The summed E-state index contributed by atoms with van der Waals surface area (Å²) in [5.74, 6) is -0.681. The normalized spacial score (nSPS) is 9.45. The third-order valence-electron chi connectivity index (χ3n) is 2.55. The van der Waals surface area contributed by atoms with Gasteiger partial charge in [0.15, 0.2) is 5.11 Å². The van der Waals surface area contributed by atoms with Crippen LogP contribution >= 0.6 is 12.2 Å². The summed E-state index contributed by atoms with van der Waals surface area (Å²) in [7, 11) is 0. The molecule has 0 fully saturated rings. The molecule has 0 bridgehead atoms. The summed E-state index contributed by atoms with van der Waals surface area (Å²) >= 11 is 4.09. The van der Waals surface area contributed by atoms with E-state index < -0.39 is 0 Å². The first kappa shape index (κ1) is 15.7. The lowest BCUT2D eigenvalue weighted by Crippen LogP contribution is -2.22. The lowest BCUT2D eigenvalue weighted by atomic mass is 9.91. The molecule has 0 atom stereocenters. The van der Waals surface area contributed by atoms with Crippen molar-refractivity contribution in [3.63, 3.8) is 0 Å². The molecule has 0 heterocycles. The van der Waals surface area contributed by atoms with E-state index in [1.165, 1.54) is 0 Å². The molecule has 0 aliphatic rings. The van der Waals surface area contributed by atoms with E-state index in [0.29, 0.717) is 0 Å². The van der Waals surface area contributed by atoms with Gasteiger partial charge < -0.3 is 17.2 Å². The Morgan fingerprint density at radius 2 is 1.10 bits per heavy atom. The molecule has 5 heteroatoms. The Morgan fingerprint density at radius 1 is 0.800 bits per heavy atom. The van der Waals surface area contributed by atoms with Crippen molar-refractivity contribution in [2.45, 2.75) is 5.92 Å². The van der Waals surface area contributed by atoms with Crippen LogP contribution in [0.2, 0.25) is 0 Å². The van der Waals surface area contributed by atoms with Crippen molar-refractivity contribution in [1.82, 2.24) is 0 Å². The van der Waals surface area contributed by atoms with Gasteiger partial charge in [-0.25, -0.2) is 0 Å². The lowest BCUT2D eigenvalue weighted by Gasteiger charge is -2.13. The van der Waals surface area contributed by atoms with Gasteiger partial charge in [-0.2, -0.15) is 0 Å². The molecule has 0 saturated heterocycles. The average molecular weight is 287 g/mol. The van der Waals surface area contributed by atoms with E-state index in [9.17, 15) is 4.79 Å². The second-order valence-corrected chi connectivity index (χ2v) is 4.53. The fourth-order valence-corrected chi connectivity index (χ4v) is 1.81. The van der Waals surface area contributed by atoms with E-state index in [-0.39, 0.29) is 16.9 Å². The molecule has 2 aromatic carbocycles. The minimum absolute atomic E-state index is 0.000000000000000222. The molecule has 0 unspecified atom stereocenters. The predicted octanol–water partition coefficient (Wildman–Crippen LogP) is 1.49. The number of nitrogens with two attached hydrogens (primary N) is 3. The maximum Gasteiger partial charge on any atom is 0.229 e. The summed E-state index contributed by atoms with van der Waals surface area (Å²) in [6, 6.07) is 19.2. The number of amides is 1. The molecule has 1 amide bonds. The molecule has 0 saturated carbocycles. The fourth-order valence-electron chi connectivity index (χ4n) is 1.81. The molecule has 0 aliphatic heterocycles. The van der Waals surface area contributed by atoms with E-state index in [4.69, 9.17) is 5.73 Å². The predicted molar refractivity (Wildman–Crippen MR) is 84.9 cm³/mol. The zero-order valence-corrected chi connectivity index (χ0v) is 11.7. The molecular formula is C15H17N3OS. The van der Waals surface area contributed by atoms with Crippen LogP contribution in [0.15, 0.2) is 60.7 Å². The van der Waals surface area contributed by atoms with Gasteiger partial charge in [0.1, 0.15) is 0 Å². The minimum atomic E-state index is -0.359. The summed E-state index contributed by atoms with van der Waals surface area (Å²) in [5.41, 5.74) is 16.6. The smallest absolute Gasteiger partial charge is 0.229 e. The Hall–Kier alpha value is -2.40. The first-order valence-electron chi connectivity index (χ1n) is 5.96. The first-order chi connectivity index (χ1) is 9.52. The molecule has 6 N–H and O–H groups in total. The molecule has 0 spiro atoms. The highest BCUT2D eigenvalue weighted by Crippen LogP contribution is 2.23. The highest BCUT2D eigenvalue weighted by atomic mass is 32.1. The van der Waals surface area contributed by atoms with E-state index in [0.717, 1.165) is 11.1 Å². The molecule has 20 heavy (non-hydrogen) atoms. The van der Waals surface area contributed by atoms with E-state index in [1.807, 2.05) is 60.7 Å². The molecule has 0 aliphatic carbocycles. The molecule has 4 nitrogen and oxygen atoms in total. The van der Waals surface area contributed by atoms with Gasteiger partial charge in [0, 0.05) is 0 Å². The van der Waals surface area contributed by atoms with Crippen molar-refractivity contribution >= 4 is 23.2 Å². The van der Waals surface area contributed by atoms with Crippen LogP contribution in [0.25, 0.3) is 0 Å². The van der Waals surface area contributed by atoms with E-state index >= 15 is 0 Å². The number of carbonyl (C=O) groups is 1. The van der Waals surface area contributed by atoms with Crippen LogP contribution in [-0.4, -0.2) is 11.0 Å². The van der Waals surface area contributed by atoms with Crippen molar-refractivity contribution in [3.8, 4) is 0 Å². The highest BCUT2D eigenvalue weighted by Gasteiger charge is 2.18. The molecule has 0 radical (unpaired) electrons. The van der Waals surface area contributed by atoms with Crippen LogP contribution < -0.4 is 17.2 Å². The third-order valence-corrected chi connectivity index (χ3v) is 2.55. The van der Waals surface area contributed by atoms with E-state index in [2.05, 4.69) is 23.7 Å². The molecular weight excluding hydrogens is 270 g/mol. The molecule has 104 valence electrons. The van der Waals surface area contributed by atoms with Crippen LogP contribution in [0, 0.1) is 0 Å². The Bertz CT molecular complexity index is 514. The summed E-state index contributed by atoms with van der Waals surface area (Å²) in [6.45, 7) is 0. The van der Waals surface area contributed by atoms with Crippen LogP contribution in [-0.2, 0) is 4.79 Å². The number of hydrogen-bond acceptors (Lipinski definition) is 2. The number of carbonyl (C=O) groups excluding carboxylic acids is 1. The lowest BCUT2D eigenvalue weighted by molar-refractivity contribution is -0.118. The molecule has 2 rings (SSSR count). The summed E-state index contributed by atoms with van der Waals surface area (Å²) in [5, 5.41) is 0.000000000000000222. The zero-order valence-electron chi connectivity index (χ0n) is 10.9. The monoisotopic (exact) mass is 287 g/mol. The number of primary amides is 1. The largest absolute Gasteiger partial charge is 0.377 e. The van der Waals surface area contributed by atoms with Crippen molar-refractivity contribution < 1.29 is 4.79 Å². The van der Waals surface area contributed by atoms with Crippen molar-refractivity contribution in [2.24, 2.45) is 17.2 Å². The molecule has 0 aromatic heterocycles. The Labute approximate surface area is 123 Å². The average Bonchev–Trinajstić information content (AvgIpc) is 2.40. The third kappa shape index (κ3) is 5.07. The fraction of sp³-hybridized carbons (Fsp3) is 0.0667. The maximum atomic E-state index is 11.5. The maximum absolute atomic E-state index is 11.5. The standard InChI is InChI=1S/C14H13NO.CH4N2S/c15-14(16)13(11-7-3-1-4-8-11)12-9-5-2-6-10-12;2-1(3)4/h1-10,13H,(H2,15,16);(H4,2,3,4). The topological polar surface area (TPSA) is 95.1 Å². The summed E-state index contributed by atoms with van der Waals surface area (Å²) in [6.07, 6.45) is 0. The van der Waals surface area contributed by atoms with E-state index in [1.54, 1.807) is 0 Å². The van der Waals surface area contributed by atoms with Crippen LogP contribution in [0.4, 0.5) is 0 Å². The Kier molecular flexibility index (Phi) is 6.19. The van der Waals surface area contributed by atoms with Gasteiger partial charge in [0.25, 0.3) is 0 Å². The second-order valence-electron chi connectivity index (χ2n) is 4.06. The van der Waals surface area contributed by atoms with Gasteiger partial charge in [-0.3, -0.25) is 4.79 Å². The second kappa shape index (κ2) is 7.91. The van der Waals surface area contributed by atoms with Crippen molar-refractivity contribution in [2.75, 3.05) is 0 Å². The number of rotatable bonds is 3. The van der Waals surface area contributed by atoms with Gasteiger partial charge in [0.2, 0.25) is 5.91 Å². The number of thiocarbonyl (C=S) groups is 1. The molecule has 2 aromatic rings. The first-order valence-corrected chi connectivity index (χ1v) is 6.37. The summed E-state index contributed by atoms with van der Waals surface area (Å²) in [4.78, 5) is 11.5. The van der Waals surface area contributed by atoms with Crippen LogP contribution in [0.5, 0.6) is 0 Å². The van der Waals surface area contributed by atoms with Crippen molar-refractivity contribution in [3.05, 3.63) is 71.8 Å².